The fraction of sp³-hybridized carbons (Fsp3) is 0.556. The van der Waals surface area contributed by atoms with Crippen LogP contribution in [0.25, 0.3) is 0 Å². The van der Waals surface area contributed by atoms with Gasteiger partial charge in [-0.05, 0) is 59.2 Å². The highest BCUT2D eigenvalue weighted by molar-refractivity contribution is 6.30. The average Bonchev–Trinajstić information content (AvgIpc) is 2.38. The van der Waals surface area contributed by atoms with Gasteiger partial charge in [0.1, 0.15) is 17.2 Å². The Morgan fingerprint density at radius 3 is 2.12 bits per heavy atom. The third-order valence-electron chi connectivity index (χ3n) is 3.01. The van der Waals surface area contributed by atoms with E-state index in [1.807, 2.05) is 26.0 Å². The van der Waals surface area contributed by atoms with Crippen LogP contribution in [0.2, 0.25) is 5.02 Å². The summed E-state index contributed by atoms with van der Waals surface area (Å²) in [4.78, 5) is 23.9. The van der Waals surface area contributed by atoms with Crippen LogP contribution >= 0.6 is 11.6 Å². The molecule has 0 bridgehead atoms. The van der Waals surface area contributed by atoms with Crippen LogP contribution in [0.4, 0.5) is 4.79 Å². The lowest BCUT2D eigenvalue weighted by Crippen LogP contribution is -2.45. The summed E-state index contributed by atoms with van der Waals surface area (Å²) in [6.45, 7) is 10.5. The molecule has 1 N–H and O–H groups in total. The van der Waals surface area contributed by atoms with Gasteiger partial charge in [0.25, 0.3) is 0 Å². The van der Waals surface area contributed by atoms with Gasteiger partial charge in [-0.3, -0.25) is 0 Å². The number of alkyl carbamates (subject to hydrolysis) is 1. The lowest BCUT2D eigenvalue weighted by atomic mass is 9.98. The highest BCUT2D eigenvalue weighted by Gasteiger charge is 2.28. The number of halogens is 1. The fourth-order valence-corrected chi connectivity index (χ4v) is 2.16. The van der Waals surface area contributed by atoms with Crippen molar-refractivity contribution in [2.75, 3.05) is 0 Å². The van der Waals surface area contributed by atoms with Gasteiger partial charge in [-0.1, -0.05) is 23.7 Å². The van der Waals surface area contributed by atoms with E-state index >= 15 is 0 Å². The summed E-state index contributed by atoms with van der Waals surface area (Å²) in [5.74, 6) is -0.514. The zero-order valence-electron chi connectivity index (χ0n) is 15.1. The van der Waals surface area contributed by atoms with Crippen LogP contribution in [-0.4, -0.2) is 29.3 Å². The van der Waals surface area contributed by atoms with E-state index in [1.54, 1.807) is 39.8 Å². The van der Waals surface area contributed by atoms with Gasteiger partial charge in [0, 0.05) is 11.4 Å². The number of amides is 1. The molecule has 0 saturated carbocycles. The molecule has 0 aromatic heterocycles. The molecule has 24 heavy (non-hydrogen) atoms. The van der Waals surface area contributed by atoms with E-state index in [2.05, 4.69) is 5.32 Å². The van der Waals surface area contributed by atoms with Crippen molar-refractivity contribution in [3.05, 3.63) is 34.9 Å². The van der Waals surface area contributed by atoms with Crippen LogP contribution < -0.4 is 5.32 Å². The fourth-order valence-electron chi connectivity index (χ4n) is 2.03. The van der Waals surface area contributed by atoms with Crippen molar-refractivity contribution in [2.24, 2.45) is 0 Å². The minimum atomic E-state index is -0.802. The lowest BCUT2D eigenvalue weighted by molar-refractivity contribution is -0.158. The Balaban J connectivity index is 2.57. The van der Waals surface area contributed by atoms with Gasteiger partial charge in [-0.15, -0.1) is 0 Å². The van der Waals surface area contributed by atoms with E-state index in [9.17, 15) is 9.59 Å². The Bertz CT molecular complexity index is 576. The molecule has 134 valence electrons. The molecule has 0 heterocycles. The van der Waals surface area contributed by atoms with Crippen LogP contribution in [0.15, 0.2) is 24.3 Å². The van der Waals surface area contributed by atoms with Crippen molar-refractivity contribution in [1.82, 2.24) is 5.32 Å². The summed E-state index contributed by atoms with van der Waals surface area (Å²) < 4.78 is 10.6. The third-order valence-corrected chi connectivity index (χ3v) is 3.26. The molecule has 0 fully saturated rings. The summed E-state index contributed by atoms with van der Waals surface area (Å²) in [6.07, 6.45) is -0.114. The first-order valence-corrected chi connectivity index (χ1v) is 8.22. The second-order valence-corrected chi connectivity index (χ2v) is 7.79. The molecule has 0 radical (unpaired) electrons. The summed E-state index contributed by atoms with van der Waals surface area (Å²) in [6, 6.07) is 6.56. The van der Waals surface area contributed by atoms with Gasteiger partial charge in [0.2, 0.25) is 0 Å². The van der Waals surface area contributed by atoms with E-state index in [4.69, 9.17) is 21.1 Å². The van der Waals surface area contributed by atoms with Crippen molar-refractivity contribution < 1.29 is 19.1 Å². The first-order valence-electron chi connectivity index (χ1n) is 7.85. The molecule has 0 unspecified atom stereocenters. The van der Waals surface area contributed by atoms with Gasteiger partial charge in [-0.25, -0.2) is 9.59 Å². The SMILES string of the molecule is C[C@H](NC(=O)OC(C)(C)C)C(=O)OC(C)(C)Cc1ccc(Cl)cc1. The van der Waals surface area contributed by atoms with E-state index in [1.165, 1.54) is 0 Å². The molecule has 0 aliphatic heterocycles. The summed E-state index contributed by atoms with van der Waals surface area (Å²) >= 11 is 5.87. The summed E-state index contributed by atoms with van der Waals surface area (Å²) in [7, 11) is 0. The quantitative estimate of drug-likeness (QED) is 0.807. The number of carbonyl (C=O) groups excluding carboxylic acids is 2. The van der Waals surface area contributed by atoms with Gasteiger partial charge < -0.3 is 14.8 Å². The molecule has 1 aromatic rings. The first kappa shape index (κ1) is 20.3. The van der Waals surface area contributed by atoms with Crippen molar-refractivity contribution >= 4 is 23.7 Å². The van der Waals surface area contributed by atoms with Crippen molar-refractivity contribution in [2.45, 2.75) is 65.2 Å². The maximum absolute atomic E-state index is 12.2. The smallest absolute Gasteiger partial charge is 0.408 e. The Morgan fingerprint density at radius 1 is 1.08 bits per heavy atom. The predicted molar refractivity (Wildman–Crippen MR) is 94.2 cm³/mol. The molecule has 1 atom stereocenters. The van der Waals surface area contributed by atoms with E-state index in [0.717, 1.165) is 5.56 Å². The Morgan fingerprint density at radius 2 is 1.62 bits per heavy atom. The maximum atomic E-state index is 12.2. The standard InChI is InChI=1S/C18H26ClNO4/c1-12(20-16(22)24-17(2,3)4)15(21)23-18(5,6)11-13-7-9-14(19)10-8-13/h7-10,12H,11H2,1-6H3,(H,20,22)/t12-/m0/s1. The van der Waals surface area contributed by atoms with E-state index < -0.39 is 29.3 Å². The molecule has 1 aromatic carbocycles. The Kier molecular flexibility index (Phi) is 6.67. The number of ether oxygens (including phenoxy) is 2. The second-order valence-electron chi connectivity index (χ2n) is 7.35. The summed E-state index contributed by atoms with van der Waals surface area (Å²) in [5, 5.41) is 3.13. The van der Waals surface area contributed by atoms with Crippen molar-refractivity contribution in [1.29, 1.82) is 0 Å². The largest absolute Gasteiger partial charge is 0.458 e. The van der Waals surface area contributed by atoms with E-state index in [-0.39, 0.29) is 0 Å². The normalized spacial score (nSPS) is 13.1. The molecule has 6 heteroatoms. The maximum Gasteiger partial charge on any atom is 0.408 e. The number of esters is 1. The van der Waals surface area contributed by atoms with Gasteiger partial charge in [0.05, 0.1) is 0 Å². The minimum Gasteiger partial charge on any atom is -0.458 e. The van der Waals surface area contributed by atoms with Gasteiger partial charge in [0.15, 0.2) is 0 Å². The monoisotopic (exact) mass is 355 g/mol. The van der Waals surface area contributed by atoms with Crippen LogP contribution in [0.3, 0.4) is 0 Å². The lowest BCUT2D eigenvalue weighted by Gasteiger charge is -2.27. The minimum absolute atomic E-state index is 0.514. The highest BCUT2D eigenvalue weighted by atomic mass is 35.5. The molecular weight excluding hydrogens is 330 g/mol. The molecule has 0 aliphatic carbocycles. The predicted octanol–water partition coefficient (Wildman–Crippen LogP) is 4.12. The molecule has 1 rings (SSSR count). The Labute approximate surface area is 148 Å². The summed E-state index contributed by atoms with van der Waals surface area (Å²) in [5.41, 5.74) is -0.332. The first-order chi connectivity index (χ1) is 10.9. The number of carbonyl (C=O) groups is 2. The van der Waals surface area contributed by atoms with Gasteiger partial charge in [-0.2, -0.15) is 0 Å². The average molecular weight is 356 g/mol. The second kappa shape index (κ2) is 7.88. The highest BCUT2D eigenvalue weighted by Crippen LogP contribution is 2.19. The van der Waals surface area contributed by atoms with Crippen LogP contribution in [-0.2, 0) is 20.7 Å². The third kappa shape index (κ3) is 7.68. The molecule has 5 nitrogen and oxygen atoms in total. The van der Waals surface area contributed by atoms with E-state index in [0.29, 0.717) is 11.4 Å². The van der Waals surface area contributed by atoms with Crippen molar-refractivity contribution in [3.63, 3.8) is 0 Å². The zero-order valence-corrected chi connectivity index (χ0v) is 15.9. The van der Waals surface area contributed by atoms with Crippen LogP contribution in [0.1, 0.15) is 47.1 Å². The number of benzene rings is 1. The van der Waals surface area contributed by atoms with Gasteiger partial charge >= 0.3 is 12.1 Å². The number of hydrogen-bond donors (Lipinski definition) is 1. The molecule has 0 aliphatic rings. The number of hydrogen-bond acceptors (Lipinski definition) is 4. The Hall–Kier alpha value is -1.75. The molecule has 0 spiro atoms. The molecule has 1 amide bonds. The topological polar surface area (TPSA) is 64.6 Å². The number of rotatable bonds is 5. The van der Waals surface area contributed by atoms with Crippen LogP contribution in [0.5, 0.6) is 0 Å². The van der Waals surface area contributed by atoms with Crippen molar-refractivity contribution in [3.8, 4) is 0 Å². The zero-order chi connectivity index (χ0) is 18.5. The van der Waals surface area contributed by atoms with Crippen LogP contribution in [0, 0.1) is 0 Å². The molecule has 0 saturated heterocycles. The number of nitrogens with one attached hydrogen (secondary N) is 1. The molecular formula is C18H26ClNO4.